The maximum atomic E-state index is 11.4. The predicted molar refractivity (Wildman–Crippen MR) is 118 cm³/mol. The summed E-state index contributed by atoms with van der Waals surface area (Å²) in [6, 6.07) is 10.7. The van der Waals surface area contributed by atoms with E-state index in [1.807, 2.05) is 19.1 Å². The van der Waals surface area contributed by atoms with Gasteiger partial charge < -0.3 is 20.5 Å². The molecule has 1 amide bonds. The number of carbonyl (C=O) groups is 1. The molecule has 2 aromatic carbocycles. The molecule has 0 atom stereocenters. The number of aromatic hydroxyl groups is 2. The van der Waals surface area contributed by atoms with Crippen molar-refractivity contribution >= 4 is 17.5 Å². The van der Waals surface area contributed by atoms with Crippen molar-refractivity contribution in [2.45, 2.75) is 26.3 Å². The Balaban J connectivity index is 1.61. The number of aryl methyl sites for hydroxylation is 1. The summed E-state index contributed by atoms with van der Waals surface area (Å²) in [6.07, 6.45) is 1.57. The second-order valence-corrected chi connectivity index (χ2v) is 8.35. The summed E-state index contributed by atoms with van der Waals surface area (Å²) in [4.78, 5) is 13.7. The maximum Gasteiger partial charge on any atom is 0.220 e. The smallest absolute Gasteiger partial charge is 0.220 e. The summed E-state index contributed by atoms with van der Waals surface area (Å²) in [7, 11) is 0. The SMILES string of the molecule is Cc1noc(-c2cc(Cl)c(O)cc2O)c1-c1cccc(CN2CCC(C(N)=O)CC2)c1. The van der Waals surface area contributed by atoms with E-state index >= 15 is 0 Å². The van der Waals surface area contributed by atoms with E-state index in [4.69, 9.17) is 21.9 Å². The van der Waals surface area contributed by atoms with Gasteiger partial charge in [-0.3, -0.25) is 9.69 Å². The lowest BCUT2D eigenvalue weighted by molar-refractivity contribution is -0.123. The minimum Gasteiger partial charge on any atom is -0.507 e. The van der Waals surface area contributed by atoms with Gasteiger partial charge in [0.2, 0.25) is 5.91 Å². The van der Waals surface area contributed by atoms with Crippen molar-refractivity contribution in [1.82, 2.24) is 10.1 Å². The molecule has 2 heterocycles. The van der Waals surface area contributed by atoms with Crippen molar-refractivity contribution in [2.24, 2.45) is 11.7 Å². The average molecular weight is 442 g/mol. The fourth-order valence-electron chi connectivity index (χ4n) is 4.09. The number of primary amides is 1. The molecule has 1 saturated heterocycles. The summed E-state index contributed by atoms with van der Waals surface area (Å²) < 4.78 is 5.53. The molecule has 1 fully saturated rings. The third-order valence-electron chi connectivity index (χ3n) is 5.78. The lowest BCUT2D eigenvalue weighted by Crippen LogP contribution is -2.38. The molecule has 0 radical (unpaired) electrons. The summed E-state index contributed by atoms with van der Waals surface area (Å²) in [5, 5.41) is 24.3. The lowest BCUT2D eigenvalue weighted by atomic mass is 9.95. The summed E-state index contributed by atoms with van der Waals surface area (Å²) >= 11 is 6.05. The Morgan fingerprint density at radius 2 is 1.97 bits per heavy atom. The first-order valence-electron chi connectivity index (χ1n) is 10.1. The molecule has 1 aromatic heterocycles. The van der Waals surface area contributed by atoms with E-state index in [1.165, 1.54) is 12.1 Å². The third kappa shape index (κ3) is 4.38. The van der Waals surface area contributed by atoms with Crippen LogP contribution in [0.4, 0.5) is 0 Å². The number of hydrogen-bond acceptors (Lipinski definition) is 6. The summed E-state index contributed by atoms with van der Waals surface area (Å²) in [5.41, 5.74) is 9.25. The third-order valence-corrected chi connectivity index (χ3v) is 6.09. The van der Waals surface area contributed by atoms with Crippen LogP contribution >= 0.6 is 11.6 Å². The lowest BCUT2D eigenvalue weighted by Gasteiger charge is -2.30. The minimum atomic E-state index is -0.213. The van der Waals surface area contributed by atoms with Crippen molar-refractivity contribution < 1.29 is 19.5 Å². The van der Waals surface area contributed by atoms with Gasteiger partial charge in [-0.05, 0) is 56.1 Å². The first-order chi connectivity index (χ1) is 14.8. The molecule has 4 N–H and O–H groups in total. The highest BCUT2D eigenvalue weighted by atomic mass is 35.5. The van der Waals surface area contributed by atoms with Gasteiger partial charge in [0.05, 0.1) is 21.8 Å². The van der Waals surface area contributed by atoms with Gasteiger partial charge in [0.15, 0.2) is 5.76 Å². The summed E-state index contributed by atoms with van der Waals surface area (Å²) in [5.74, 6) is -0.212. The van der Waals surface area contributed by atoms with E-state index in [2.05, 4.69) is 22.2 Å². The molecular weight excluding hydrogens is 418 g/mol. The number of carbonyl (C=O) groups excluding carboxylic acids is 1. The Morgan fingerprint density at radius 3 is 2.68 bits per heavy atom. The Hall–Kier alpha value is -3.03. The largest absolute Gasteiger partial charge is 0.507 e. The average Bonchev–Trinajstić information content (AvgIpc) is 3.12. The van der Waals surface area contributed by atoms with Crippen LogP contribution in [0.2, 0.25) is 5.02 Å². The van der Waals surface area contributed by atoms with E-state index in [9.17, 15) is 15.0 Å². The predicted octanol–water partition coefficient (Wildman–Crippen LogP) is 4.08. The van der Waals surface area contributed by atoms with Gasteiger partial charge in [-0.15, -0.1) is 0 Å². The van der Waals surface area contributed by atoms with Crippen LogP contribution in [0.25, 0.3) is 22.5 Å². The molecule has 0 spiro atoms. The van der Waals surface area contributed by atoms with Crippen molar-refractivity contribution in [3.05, 3.63) is 52.7 Å². The van der Waals surface area contributed by atoms with Crippen LogP contribution in [0.5, 0.6) is 11.5 Å². The fourth-order valence-corrected chi connectivity index (χ4v) is 4.25. The van der Waals surface area contributed by atoms with Crippen LogP contribution in [-0.2, 0) is 11.3 Å². The highest BCUT2D eigenvalue weighted by molar-refractivity contribution is 6.32. The molecule has 8 heteroatoms. The molecule has 7 nitrogen and oxygen atoms in total. The number of amides is 1. The zero-order valence-electron chi connectivity index (χ0n) is 17.1. The molecule has 162 valence electrons. The van der Waals surface area contributed by atoms with Crippen LogP contribution in [-0.4, -0.2) is 39.3 Å². The van der Waals surface area contributed by atoms with E-state index < -0.39 is 0 Å². The molecule has 4 rings (SSSR count). The zero-order valence-corrected chi connectivity index (χ0v) is 17.9. The minimum absolute atomic E-state index is 0.0328. The van der Waals surface area contributed by atoms with E-state index in [-0.39, 0.29) is 28.3 Å². The Bertz CT molecular complexity index is 1120. The number of nitrogens with zero attached hydrogens (tertiary/aromatic N) is 2. The normalized spacial score (nSPS) is 15.3. The van der Waals surface area contributed by atoms with Crippen LogP contribution in [0.3, 0.4) is 0 Å². The fraction of sp³-hybridized carbons (Fsp3) is 0.304. The number of likely N-dealkylation sites (tertiary alicyclic amines) is 1. The Labute approximate surface area is 185 Å². The van der Waals surface area contributed by atoms with Crippen LogP contribution < -0.4 is 5.73 Å². The molecule has 3 aromatic rings. The van der Waals surface area contributed by atoms with Gasteiger partial charge in [-0.1, -0.05) is 35.0 Å². The van der Waals surface area contributed by atoms with Crippen molar-refractivity contribution in [2.75, 3.05) is 13.1 Å². The van der Waals surface area contributed by atoms with Crippen LogP contribution in [0.1, 0.15) is 24.1 Å². The number of halogens is 1. The number of piperidine rings is 1. The van der Waals surface area contributed by atoms with Crippen molar-refractivity contribution in [3.8, 4) is 33.9 Å². The highest BCUT2D eigenvalue weighted by Crippen LogP contribution is 2.42. The van der Waals surface area contributed by atoms with E-state index in [0.717, 1.165) is 49.2 Å². The molecule has 31 heavy (non-hydrogen) atoms. The van der Waals surface area contributed by atoms with Gasteiger partial charge in [0, 0.05) is 18.5 Å². The maximum absolute atomic E-state index is 11.4. The molecule has 1 aliphatic heterocycles. The molecule has 0 aliphatic carbocycles. The molecule has 0 unspecified atom stereocenters. The van der Waals surface area contributed by atoms with Crippen molar-refractivity contribution in [1.29, 1.82) is 0 Å². The van der Waals surface area contributed by atoms with Crippen LogP contribution in [0.15, 0.2) is 40.9 Å². The van der Waals surface area contributed by atoms with Gasteiger partial charge >= 0.3 is 0 Å². The first-order valence-corrected chi connectivity index (χ1v) is 10.5. The number of phenols is 2. The van der Waals surface area contributed by atoms with E-state index in [1.54, 1.807) is 0 Å². The van der Waals surface area contributed by atoms with E-state index in [0.29, 0.717) is 17.0 Å². The number of benzene rings is 2. The first kappa shape index (κ1) is 21.2. The monoisotopic (exact) mass is 441 g/mol. The van der Waals surface area contributed by atoms with Gasteiger partial charge in [-0.2, -0.15) is 0 Å². The summed E-state index contributed by atoms with van der Waals surface area (Å²) in [6.45, 7) is 4.25. The number of hydrogen-bond donors (Lipinski definition) is 3. The number of rotatable bonds is 5. The Kier molecular flexibility index (Phi) is 5.89. The number of nitrogens with two attached hydrogens (primary N) is 1. The molecular formula is C23H24ClN3O4. The second-order valence-electron chi connectivity index (χ2n) is 7.95. The molecule has 0 saturated carbocycles. The van der Waals surface area contributed by atoms with Crippen molar-refractivity contribution in [3.63, 3.8) is 0 Å². The second kappa shape index (κ2) is 8.61. The number of phenolic OH excluding ortho intramolecular Hbond substituents is 2. The van der Waals surface area contributed by atoms with Gasteiger partial charge in [-0.25, -0.2) is 0 Å². The quantitative estimate of drug-likeness (QED) is 0.549. The Morgan fingerprint density at radius 1 is 1.23 bits per heavy atom. The topological polar surface area (TPSA) is 113 Å². The van der Waals surface area contributed by atoms with Gasteiger partial charge in [0.25, 0.3) is 0 Å². The standard InChI is InChI=1S/C23H24ClN3O4/c1-13-21(22(31-26-13)17-10-18(24)20(29)11-19(17)28)16-4-2-3-14(9-16)12-27-7-5-15(6-8-27)23(25)30/h2-4,9-11,15,28-29H,5-8,12H2,1H3,(H2,25,30). The van der Waals surface area contributed by atoms with Gasteiger partial charge in [0.1, 0.15) is 11.5 Å². The van der Waals surface area contributed by atoms with Crippen LogP contribution in [0, 0.1) is 12.8 Å². The molecule has 1 aliphatic rings. The number of aromatic nitrogens is 1. The molecule has 0 bridgehead atoms. The zero-order chi connectivity index (χ0) is 22.1. The highest BCUT2D eigenvalue weighted by Gasteiger charge is 2.24.